The number of nitrogens with one attached hydrogen (secondary N) is 1. The number of rotatable bonds is 4. The summed E-state index contributed by atoms with van der Waals surface area (Å²) >= 11 is 0. The predicted octanol–water partition coefficient (Wildman–Crippen LogP) is 3.70. The lowest BCUT2D eigenvalue weighted by molar-refractivity contribution is -0.139. The van der Waals surface area contributed by atoms with Crippen LogP contribution in [0.25, 0.3) is 0 Å². The molecule has 1 aromatic rings. The molecule has 0 saturated carbocycles. The monoisotopic (exact) mass is 443 g/mol. The maximum atomic E-state index is 13.3. The molecule has 0 radical (unpaired) electrons. The van der Waals surface area contributed by atoms with E-state index < -0.39 is 23.2 Å². The Morgan fingerprint density at radius 1 is 1.09 bits per heavy atom. The maximum Gasteiger partial charge on any atom is 0.410 e. The zero-order chi connectivity index (χ0) is 23.7. The highest BCUT2D eigenvalue weighted by molar-refractivity contribution is 6.02. The van der Waals surface area contributed by atoms with Gasteiger partial charge in [0.15, 0.2) is 0 Å². The third-order valence-corrected chi connectivity index (χ3v) is 5.87. The molecule has 2 saturated heterocycles. The second-order valence-electron chi connectivity index (χ2n) is 10.2. The molecule has 0 aromatic heterocycles. The van der Waals surface area contributed by atoms with Crippen LogP contribution < -0.4 is 5.32 Å². The largest absolute Gasteiger partial charge is 0.444 e. The van der Waals surface area contributed by atoms with Gasteiger partial charge in [-0.25, -0.2) is 4.79 Å². The van der Waals surface area contributed by atoms with Crippen LogP contribution in [-0.4, -0.2) is 51.8 Å². The second kappa shape index (κ2) is 8.92. The van der Waals surface area contributed by atoms with Gasteiger partial charge in [-0.2, -0.15) is 0 Å². The molecule has 0 spiro atoms. The molecular weight excluding hydrogens is 410 g/mol. The predicted molar refractivity (Wildman–Crippen MR) is 120 cm³/mol. The van der Waals surface area contributed by atoms with Crippen LogP contribution in [0.2, 0.25) is 0 Å². The lowest BCUT2D eigenvalue weighted by atomic mass is 9.76. The molecule has 4 amide bonds. The smallest absolute Gasteiger partial charge is 0.410 e. The van der Waals surface area contributed by atoms with Crippen molar-refractivity contribution in [3.05, 3.63) is 29.8 Å². The molecule has 1 N–H and O–H groups in total. The Bertz CT molecular complexity index is 885. The summed E-state index contributed by atoms with van der Waals surface area (Å²) in [5, 5.41) is 2.92. The van der Waals surface area contributed by atoms with E-state index in [4.69, 9.17) is 4.74 Å². The minimum atomic E-state index is -0.661. The summed E-state index contributed by atoms with van der Waals surface area (Å²) in [7, 11) is 0. The minimum Gasteiger partial charge on any atom is -0.444 e. The molecule has 2 aliphatic heterocycles. The van der Waals surface area contributed by atoms with Crippen LogP contribution in [0.5, 0.6) is 0 Å². The SMILES string of the molecule is CC(C)(C)OC(=O)N1CCCC(C)(C)[C@@H]1C(=O)Nc1ccc(CN2C(=O)CCC2=O)cc1. The van der Waals surface area contributed by atoms with Gasteiger partial charge >= 0.3 is 6.09 Å². The lowest BCUT2D eigenvalue weighted by Gasteiger charge is -2.45. The Balaban J connectivity index is 1.71. The Hall–Kier alpha value is -2.90. The highest BCUT2D eigenvalue weighted by Crippen LogP contribution is 2.36. The van der Waals surface area contributed by atoms with Crippen molar-refractivity contribution in [2.24, 2.45) is 5.41 Å². The number of carbonyl (C=O) groups is 4. The highest BCUT2D eigenvalue weighted by atomic mass is 16.6. The van der Waals surface area contributed by atoms with Crippen molar-refractivity contribution in [1.82, 2.24) is 9.80 Å². The van der Waals surface area contributed by atoms with Crippen molar-refractivity contribution in [3.8, 4) is 0 Å². The van der Waals surface area contributed by atoms with E-state index in [-0.39, 0.29) is 37.1 Å². The van der Waals surface area contributed by atoms with Gasteiger partial charge in [0.25, 0.3) is 0 Å². The van der Waals surface area contributed by atoms with Gasteiger partial charge in [-0.15, -0.1) is 0 Å². The summed E-state index contributed by atoms with van der Waals surface area (Å²) in [6, 6.07) is 6.39. The quantitative estimate of drug-likeness (QED) is 0.716. The Morgan fingerprint density at radius 2 is 1.69 bits per heavy atom. The Labute approximate surface area is 189 Å². The number of hydrogen-bond acceptors (Lipinski definition) is 5. The summed E-state index contributed by atoms with van der Waals surface area (Å²) in [6.07, 6.45) is 1.66. The van der Waals surface area contributed by atoms with Crippen LogP contribution in [0.4, 0.5) is 10.5 Å². The Morgan fingerprint density at radius 3 is 2.25 bits per heavy atom. The number of hydrogen-bond donors (Lipinski definition) is 1. The van der Waals surface area contributed by atoms with Crippen LogP contribution in [0.3, 0.4) is 0 Å². The van der Waals surface area contributed by atoms with Crippen LogP contribution in [0, 0.1) is 5.41 Å². The maximum absolute atomic E-state index is 13.3. The average Bonchev–Trinajstić information content (AvgIpc) is 2.99. The number of ether oxygens (including phenoxy) is 1. The van der Waals surface area contributed by atoms with Gasteiger partial charge in [0.05, 0.1) is 6.54 Å². The van der Waals surface area contributed by atoms with Gasteiger partial charge < -0.3 is 10.1 Å². The van der Waals surface area contributed by atoms with Crippen LogP contribution in [0.1, 0.15) is 65.9 Å². The molecule has 32 heavy (non-hydrogen) atoms. The number of anilines is 1. The van der Waals surface area contributed by atoms with E-state index in [1.807, 2.05) is 13.8 Å². The summed E-state index contributed by atoms with van der Waals surface area (Å²) in [4.78, 5) is 52.5. The molecule has 174 valence electrons. The zero-order valence-electron chi connectivity index (χ0n) is 19.6. The van der Waals surface area contributed by atoms with Gasteiger partial charge in [-0.3, -0.25) is 24.2 Å². The topological polar surface area (TPSA) is 96.0 Å². The molecule has 8 nitrogen and oxygen atoms in total. The number of piperidine rings is 1. The number of imide groups is 1. The Kier molecular flexibility index (Phi) is 6.62. The summed E-state index contributed by atoms with van der Waals surface area (Å²) in [6.45, 7) is 10.1. The van der Waals surface area contributed by atoms with E-state index >= 15 is 0 Å². The van der Waals surface area contributed by atoms with Gasteiger partial charge in [-0.1, -0.05) is 26.0 Å². The zero-order valence-corrected chi connectivity index (χ0v) is 19.6. The van der Waals surface area contributed by atoms with Gasteiger partial charge in [-0.05, 0) is 56.7 Å². The molecule has 8 heteroatoms. The molecule has 0 unspecified atom stereocenters. The van der Waals surface area contributed by atoms with E-state index in [9.17, 15) is 19.2 Å². The molecule has 1 aromatic carbocycles. The molecule has 0 bridgehead atoms. The van der Waals surface area contributed by atoms with Crippen LogP contribution in [-0.2, 0) is 25.7 Å². The first-order valence-corrected chi connectivity index (χ1v) is 11.1. The first-order valence-electron chi connectivity index (χ1n) is 11.1. The third kappa shape index (κ3) is 5.47. The van der Waals surface area contributed by atoms with E-state index in [1.165, 1.54) is 9.80 Å². The number of likely N-dealkylation sites (tertiary alicyclic amines) is 2. The third-order valence-electron chi connectivity index (χ3n) is 5.87. The van der Waals surface area contributed by atoms with Crippen molar-refractivity contribution in [1.29, 1.82) is 0 Å². The molecular formula is C24H33N3O5. The number of amides is 4. The van der Waals surface area contributed by atoms with Gasteiger partial charge in [0.1, 0.15) is 11.6 Å². The van der Waals surface area contributed by atoms with E-state index in [0.717, 1.165) is 18.4 Å². The standard InChI is InChI=1S/C24H33N3O5/c1-23(2,3)32-22(31)26-14-6-13-24(4,5)20(26)21(30)25-17-9-7-16(8-10-17)15-27-18(28)11-12-19(27)29/h7-10,20H,6,11-15H2,1-5H3,(H,25,30)/t20-/m0/s1. The van der Waals surface area contributed by atoms with E-state index in [0.29, 0.717) is 12.2 Å². The van der Waals surface area contributed by atoms with Crippen LogP contribution >= 0.6 is 0 Å². The number of carbonyl (C=O) groups excluding carboxylic acids is 4. The van der Waals surface area contributed by atoms with Crippen molar-refractivity contribution < 1.29 is 23.9 Å². The summed E-state index contributed by atoms with van der Waals surface area (Å²) in [5.41, 5.74) is 0.340. The molecule has 2 fully saturated rings. The van der Waals surface area contributed by atoms with Crippen molar-refractivity contribution >= 4 is 29.5 Å². The summed E-state index contributed by atoms with van der Waals surface area (Å²) in [5.74, 6) is -0.582. The van der Waals surface area contributed by atoms with E-state index in [1.54, 1.807) is 45.0 Å². The van der Waals surface area contributed by atoms with Gasteiger partial charge in [0.2, 0.25) is 17.7 Å². The van der Waals surface area contributed by atoms with Gasteiger partial charge in [0, 0.05) is 25.1 Å². The fourth-order valence-electron chi connectivity index (χ4n) is 4.29. The molecule has 2 aliphatic rings. The number of benzene rings is 1. The lowest BCUT2D eigenvalue weighted by Crippen LogP contribution is -2.58. The fraction of sp³-hybridized carbons (Fsp3) is 0.583. The first-order chi connectivity index (χ1) is 14.9. The summed E-state index contributed by atoms with van der Waals surface area (Å²) < 4.78 is 5.54. The van der Waals surface area contributed by atoms with Crippen molar-refractivity contribution in [2.45, 2.75) is 78.5 Å². The first kappa shape index (κ1) is 23.8. The van der Waals surface area contributed by atoms with E-state index in [2.05, 4.69) is 5.32 Å². The number of nitrogens with zero attached hydrogens (tertiary/aromatic N) is 2. The average molecular weight is 444 g/mol. The normalized spacial score (nSPS) is 21.0. The van der Waals surface area contributed by atoms with Crippen molar-refractivity contribution in [2.75, 3.05) is 11.9 Å². The van der Waals surface area contributed by atoms with Crippen LogP contribution in [0.15, 0.2) is 24.3 Å². The second-order valence-corrected chi connectivity index (χ2v) is 10.2. The highest BCUT2D eigenvalue weighted by Gasteiger charge is 2.45. The molecule has 1 atom stereocenters. The fourth-order valence-corrected chi connectivity index (χ4v) is 4.29. The van der Waals surface area contributed by atoms with Crippen molar-refractivity contribution in [3.63, 3.8) is 0 Å². The molecule has 3 rings (SSSR count). The molecule has 0 aliphatic carbocycles. The molecule has 2 heterocycles. The minimum absolute atomic E-state index is 0.158.